The number of aromatic carboxylic acids is 1. The Labute approximate surface area is 174 Å². The fourth-order valence-corrected chi connectivity index (χ4v) is 2.76. The first-order valence-corrected chi connectivity index (χ1v) is 9.33. The Bertz CT molecular complexity index is 1080. The second-order valence-corrected chi connectivity index (χ2v) is 6.81. The van der Waals surface area contributed by atoms with Crippen molar-refractivity contribution in [2.75, 3.05) is 0 Å². The number of carboxylic acids is 1. The summed E-state index contributed by atoms with van der Waals surface area (Å²) < 4.78 is 0. The maximum Gasteiger partial charge on any atom is 0.335 e. The Morgan fingerprint density at radius 3 is 2.28 bits per heavy atom. The van der Waals surface area contributed by atoms with Crippen LogP contribution in [-0.2, 0) is 13.0 Å². The molecule has 0 heterocycles. The van der Waals surface area contributed by atoms with E-state index in [1.54, 1.807) is 30.3 Å². The smallest absolute Gasteiger partial charge is 0.335 e. The number of carbonyl (C=O) groups is 2. The summed E-state index contributed by atoms with van der Waals surface area (Å²) in [5, 5.41) is 12.4. The maximum absolute atomic E-state index is 12.4. The predicted octanol–water partition coefficient (Wildman–Crippen LogP) is 4.56. The molecular formula is C24H18ClNO3. The molecule has 0 aliphatic rings. The highest BCUT2D eigenvalue weighted by Crippen LogP contribution is 2.10. The number of carbonyl (C=O) groups excluding carboxylic acids is 1. The lowest BCUT2D eigenvalue weighted by atomic mass is 10.1. The lowest BCUT2D eigenvalue weighted by Gasteiger charge is -2.06. The zero-order chi connectivity index (χ0) is 20.6. The number of hydrogen-bond acceptors (Lipinski definition) is 2. The molecule has 3 aromatic rings. The van der Waals surface area contributed by atoms with E-state index in [1.165, 1.54) is 12.1 Å². The van der Waals surface area contributed by atoms with Crippen LogP contribution in [0.15, 0.2) is 72.8 Å². The fourth-order valence-electron chi connectivity index (χ4n) is 2.64. The molecule has 0 bridgehead atoms. The molecule has 0 spiro atoms. The van der Waals surface area contributed by atoms with Gasteiger partial charge in [0.25, 0.3) is 5.91 Å². The summed E-state index contributed by atoms with van der Waals surface area (Å²) >= 11 is 5.88. The van der Waals surface area contributed by atoms with E-state index in [2.05, 4.69) is 17.2 Å². The standard InChI is InChI=1S/C24H18ClNO3/c25-22-13-9-17(10-14-22)3-1-4-18-5-2-6-21(15-18)23(27)26-16-19-7-11-20(12-8-19)24(28)29/h2,5-15H,3,16H2,(H,26,27)(H,28,29). The van der Waals surface area contributed by atoms with E-state index in [1.807, 2.05) is 30.3 Å². The van der Waals surface area contributed by atoms with Crippen LogP contribution in [0.5, 0.6) is 0 Å². The normalized spacial score (nSPS) is 9.97. The molecule has 3 aromatic carbocycles. The first-order chi connectivity index (χ1) is 14.0. The minimum absolute atomic E-state index is 0.213. The number of amides is 1. The van der Waals surface area contributed by atoms with Crippen LogP contribution in [0.1, 0.15) is 37.4 Å². The van der Waals surface area contributed by atoms with Gasteiger partial charge in [-0.15, -0.1) is 0 Å². The quantitative estimate of drug-likeness (QED) is 0.613. The Hall–Kier alpha value is -3.55. The summed E-state index contributed by atoms with van der Waals surface area (Å²) in [5.41, 5.74) is 3.39. The van der Waals surface area contributed by atoms with E-state index in [0.717, 1.165) is 16.7 Å². The van der Waals surface area contributed by atoms with Gasteiger partial charge in [0.1, 0.15) is 0 Å². The third kappa shape index (κ3) is 5.97. The first kappa shape index (κ1) is 20.2. The average molecular weight is 404 g/mol. The van der Waals surface area contributed by atoms with Crippen LogP contribution in [0, 0.1) is 11.8 Å². The van der Waals surface area contributed by atoms with E-state index in [4.69, 9.17) is 16.7 Å². The van der Waals surface area contributed by atoms with Gasteiger partial charge in [0, 0.05) is 29.1 Å². The number of carboxylic acid groups (broad SMARTS) is 1. The number of nitrogens with one attached hydrogen (secondary N) is 1. The van der Waals surface area contributed by atoms with Crippen LogP contribution in [0.25, 0.3) is 0 Å². The second-order valence-electron chi connectivity index (χ2n) is 6.37. The Morgan fingerprint density at radius 1 is 0.897 bits per heavy atom. The van der Waals surface area contributed by atoms with Crippen molar-refractivity contribution in [2.24, 2.45) is 0 Å². The van der Waals surface area contributed by atoms with Crippen molar-refractivity contribution in [3.63, 3.8) is 0 Å². The third-order valence-corrected chi connectivity index (χ3v) is 4.47. The van der Waals surface area contributed by atoms with Crippen LogP contribution in [-0.4, -0.2) is 17.0 Å². The average Bonchev–Trinajstić information content (AvgIpc) is 2.74. The summed E-state index contributed by atoms with van der Waals surface area (Å²) in [6, 6.07) is 21.1. The molecule has 1 amide bonds. The lowest BCUT2D eigenvalue weighted by molar-refractivity contribution is 0.0696. The van der Waals surface area contributed by atoms with Crippen LogP contribution >= 0.6 is 11.6 Å². The summed E-state index contributed by atoms with van der Waals surface area (Å²) in [5.74, 6) is 4.99. The molecule has 0 unspecified atom stereocenters. The highest BCUT2D eigenvalue weighted by Gasteiger charge is 2.06. The molecule has 0 aromatic heterocycles. The van der Waals surface area contributed by atoms with E-state index < -0.39 is 5.97 Å². The summed E-state index contributed by atoms with van der Waals surface area (Å²) in [6.07, 6.45) is 0.597. The minimum Gasteiger partial charge on any atom is -0.478 e. The largest absolute Gasteiger partial charge is 0.478 e. The van der Waals surface area contributed by atoms with Gasteiger partial charge >= 0.3 is 5.97 Å². The molecule has 29 heavy (non-hydrogen) atoms. The van der Waals surface area contributed by atoms with Gasteiger partial charge in [0.05, 0.1) is 5.56 Å². The van der Waals surface area contributed by atoms with Gasteiger partial charge in [0.2, 0.25) is 0 Å². The maximum atomic E-state index is 12.4. The summed E-state index contributed by atoms with van der Waals surface area (Å²) in [7, 11) is 0. The predicted molar refractivity (Wildman–Crippen MR) is 113 cm³/mol. The van der Waals surface area contributed by atoms with Crippen molar-refractivity contribution in [1.82, 2.24) is 5.32 Å². The third-order valence-electron chi connectivity index (χ3n) is 4.22. The Morgan fingerprint density at radius 2 is 1.59 bits per heavy atom. The van der Waals surface area contributed by atoms with Crippen molar-refractivity contribution >= 4 is 23.5 Å². The number of benzene rings is 3. The Kier molecular flexibility index (Phi) is 6.67. The van der Waals surface area contributed by atoms with Crippen molar-refractivity contribution in [3.8, 4) is 11.8 Å². The molecule has 3 rings (SSSR count). The molecule has 4 nitrogen and oxygen atoms in total. The van der Waals surface area contributed by atoms with Gasteiger partial charge < -0.3 is 10.4 Å². The number of halogens is 1. The van der Waals surface area contributed by atoms with Gasteiger partial charge in [-0.05, 0) is 53.6 Å². The van der Waals surface area contributed by atoms with Crippen LogP contribution < -0.4 is 5.32 Å². The van der Waals surface area contributed by atoms with E-state index in [9.17, 15) is 9.59 Å². The van der Waals surface area contributed by atoms with Crippen molar-refractivity contribution < 1.29 is 14.7 Å². The molecule has 0 aliphatic carbocycles. The molecule has 0 aliphatic heterocycles. The van der Waals surface area contributed by atoms with Crippen LogP contribution in [0.3, 0.4) is 0 Å². The van der Waals surface area contributed by atoms with E-state index >= 15 is 0 Å². The summed E-state index contributed by atoms with van der Waals surface area (Å²) in [4.78, 5) is 23.3. The monoisotopic (exact) mass is 403 g/mol. The van der Waals surface area contributed by atoms with Crippen molar-refractivity contribution in [2.45, 2.75) is 13.0 Å². The van der Waals surface area contributed by atoms with Crippen molar-refractivity contribution in [1.29, 1.82) is 0 Å². The molecular weight excluding hydrogens is 386 g/mol. The van der Waals surface area contributed by atoms with E-state index in [-0.39, 0.29) is 11.5 Å². The summed E-state index contributed by atoms with van der Waals surface area (Å²) in [6.45, 7) is 0.311. The van der Waals surface area contributed by atoms with Crippen LogP contribution in [0.2, 0.25) is 5.02 Å². The van der Waals surface area contributed by atoms with Gasteiger partial charge in [-0.25, -0.2) is 4.79 Å². The topological polar surface area (TPSA) is 66.4 Å². The zero-order valence-electron chi connectivity index (χ0n) is 15.5. The lowest BCUT2D eigenvalue weighted by Crippen LogP contribution is -2.22. The molecule has 0 radical (unpaired) electrons. The van der Waals surface area contributed by atoms with Gasteiger partial charge in [-0.1, -0.05) is 53.8 Å². The van der Waals surface area contributed by atoms with Crippen LogP contribution in [0.4, 0.5) is 0 Å². The number of rotatable bonds is 5. The molecule has 2 N–H and O–H groups in total. The highest BCUT2D eigenvalue weighted by molar-refractivity contribution is 6.30. The molecule has 0 saturated carbocycles. The fraction of sp³-hybridized carbons (Fsp3) is 0.0833. The second kappa shape index (κ2) is 9.59. The van der Waals surface area contributed by atoms with E-state index in [0.29, 0.717) is 23.6 Å². The Balaban J connectivity index is 1.59. The zero-order valence-corrected chi connectivity index (χ0v) is 16.2. The highest BCUT2D eigenvalue weighted by atomic mass is 35.5. The van der Waals surface area contributed by atoms with Gasteiger partial charge in [-0.2, -0.15) is 0 Å². The first-order valence-electron chi connectivity index (χ1n) is 8.95. The van der Waals surface area contributed by atoms with Gasteiger partial charge in [0.15, 0.2) is 0 Å². The molecule has 0 saturated heterocycles. The molecule has 0 fully saturated rings. The SMILES string of the molecule is O=C(O)c1ccc(CNC(=O)c2cccc(C#CCc3ccc(Cl)cc3)c2)cc1. The molecule has 0 atom stereocenters. The van der Waals surface area contributed by atoms with Crippen molar-refractivity contribution in [3.05, 3.63) is 106 Å². The molecule has 144 valence electrons. The number of hydrogen-bond donors (Lipinski definition) is 2. The molecule has 5 heteroatoms. The van der Waals surface area contributed by atoms with Gasteiger partial charge in [-0.3, -0.25) is 4.79 Å². The minimum atomic E-state index is -0.977.